The minimum absolute atomic E-state index is 0.314. The normalized spacial score (nSPS) is 9.48. The molecule has 0 aromatic heterocycles. The van der Waals surface area contributed by atoms with Crippen LogP contribution in [0.4, 0.5) is 4.79 Å². The van der Waals surface area contributed by atoms with Crippen molar-refractivity contribution >= 4 is 23.8 Å². The molecule has 0 bridgehead atoms. The summed E-state index contributed by atoms with van der Waals surface area (Å²) in [5.74, 6) is -1.58. The van der Waals surface area contributed by atoms with Crippen LogP contribution < -0.4 is 20.7 Å². The van der Waals surface area contributed by atoms with Gasteiger partial charge in [-0.2, -0.15) is 0 Å². The molecule has 4 amide bonds. The summed E-state index contributed by atoms with van der Waals surface area (Å²) in [5.41, 5.74) is 0.314. The summed E-state index contributed by atoms with van der Waals surface area (Å²) in [5, 5.41) is 6.44. The summed E-state index contributed by atoms with van der Waals surface area (Å²) >= 11 is 0. The minimum Gasteiger partial charge on any atom is -0.497 e. The van der Waals surface area contributed by atoms with E-state index in [-0.39, 0.29) is 0 Å². The van der Waals surface area contributed by atoms with Crippen molar-refractivity contribution in [3.8, 4) is 5.75 Å². The number of carbonyl (C=O) groups excluding carboxylic acids is 4. The zero-order valence-corrected chi connectivity index (χ0v) is 12.7. The highest BCUT2D eigenvalue weighted by Gasteiger charge is 2.12. The lowest BCUT2D eigenvalue weighted by molar-refractivity contribution is -0.147. The van der Waals surface area contributed by atoms with Crippen LogP contribution in [0, 0.1) is 0 Å². The second-order valence-corrected chi connectivity index (χ2v) is 4.20. The number of carbonyl (C=O) groups is 4. The molecule has 0 fully saturated rings. The van der Waals surface area contributed by atoms with E-state index in [0.717, 1.165) is 0 Å². The third kappa shape index (κ3) is 6.46. The van der Waals surface area contributed by atoms with Crippen molar-refractivity contribution in [3.63, 3.8) is 0 Å². The second kappa shape index (κ2) is 9.03. The van der Waals surface area contributed by atoms with Gasteiger partial charge in [0.05, 0.1) is 7.11 Å². The maximum atomic E-state index is 11.8. The van der Waals surface area contributed by atoms with Gasteiger partial charge in [-0.1, -0.05) is 6.07 Å². The summed E-state index contributed by atoms with van der Waals surface area (Å²) in [6, 6.07) is 5.67. The van der Waals surface area contributed by atoms with Crippen molar-refractivity contribution < 1.29 is 28.7 Å². The molecule has 9 heteroatoms. The topological polar surface area (TPSA) is 123 Å². The third-order valence-corrected chi connectivity index (χ3v) is 2.57. The monoisotopic (exact) mass is 323 g/mol. The Kier molecular flexibility index (Phi) is 7.05. The second-order valence-electron chi connectivity index (χ2n) is 4.20. The largest absolute Gasteiger partial charge is 0.497 e. The van der Waals surface area contributed by atoms with Crippen LogP contribution in [0.15, 0.2) is 24.3 Å². The molecule has 0 aliphatic carbocycles. The van der Waals surface area contributed by atoms with Gasteiger partial charge in [0.1, 0.15) is 12.3 Å². The standard InChI is InChI=1S/C14H17N3O6/c1-15-14(21)17-11(18)8-23-12(19)7-16-13(20)9-4-3-5-10(6-9)22-2/h3-6H,7-8H2,1-2H3,(H,16,20)(H2,15,17,18,21). The Morgan fingerprint density at radius 1 is 1.17 bits per heavy atom. The summed E-state index contributed by atoms with van der Waals surface area (Å²) in [6.45, 7) is -1.04. The molecule has 0 spiro atoms. The van der Waals surface area contributed by atoms with Crippen LogP contribution in [0.1, 0.15) is 10.4 Å². The molecular weight excluding hydrogens is 306 g/mol. The average molecular weight is 323 g/mol. The molecular formula is C14H17N3O6. The van der Waals surface area contributed by atoms with E-state index in [1.165, 1.54) is 20.2 Å². The SMILES string of the molecule is CNC(=O)NC(=O)COC(=O)CNC(=O)c1cccc(OC)c1. The van der Waals surface area contributed by atoms with Gasteiger partial charge in [-0.15, -0.1) is 0 Å². The van der Waals surface area contributed by atoms with Crippen LogP contribution in [-0.2, 0) is 14.3 Å². The highest BCUT2D eigenvalue weighted by Crippen LogP contribution is 2.12. The Morgan fingerprint density at radius 2 is 1.91 bits per heavy atom. The molecule has 0 aliphatic rings. The Morgan fingerprint density at radius 3 is 2.57 bits per heavy atom. The number of rotatable bonds is 6. The van der Waals surface area contributed by atoms with Crippen molar-refractivity contribution in [3.05, 3.63) is 29.8 Å². The van der Waals surface area contributed by atoms with Crippen LogP contribution >= 0.6 is 0 Å². The first-order chi connectivity index (χ1) is 11.0. The van der Waals surface area contributed by atoms with E-state index < -0.39 is 37.0 Å². The molecule has 0 aliphatic heterocycles. The number of hydrogen-bond acceptors (Lipinski definition) is 6. The van der Waals surface area contributed by atoms with Gasteiger partial charge in [-0.25, -0.2) is 4.79 Å². The van der Waals surface area contributed by atoms with Crippen molar-refractivity contribution in [2.75, 3.05) is 27.3 Å². The number of imide groups is 1. The molecule has 0 saturated carbocycles. The van der Waals surface area contributed by atoms with Crippen molar-refractivity contribution in [2.24, 2.45) is 0 Å². The molecule has 3 N–H and O–H groups in total. The smallest absolute Gasteiger partial charge is 0.325 e. The number of methoxy groups -OCH3 is 1. The first-order valence-corrected chi connectivity index (χ1v) is 6.55. The summed E-state index contributed by atoms with van der Waals surface area (Å²) in [4.78, 5) is 45.3. The highest BCUT2D eigenvalue weighted by molar-refractivity contribution is 5.97. The molecule has 23 heavy (non-hydrogen) atoms. The summed E-state index contributed by atoms with van der Waals surface area (Å²) in [6.07, 6.45) is 0. The zero-order valence-electron chi connectivity index (χ0n) is 12.7. The third-order valence-electron chi connectivity index (χ3n) is 2.57. The van der Waals surface area contributed by atoms with Gasteiger partial charge in [-0.3, -0.25) is 19.7 Å². The number of hydrogen-bond donors (Lipinski definition) is 3. The van der Waals surface area contributed by atoms with E-state index in [1.54, 1.807) is 18.2 Å². The number of urea groups is 1. The van der Waals surface area contributed by atoms with Crippen molar-refractivity contribution in [1.82, 2.24) is 16.0 Å². The van der Waals surface area contributed by atoms with Crippen molar-refractivity contribution in [2.45, 2.75) is 0 Å². The molecule has 124 valence electrons. The van der Waals surface area contributed by atoms with Crippen LogP contribution in [0.5, 0.6) is 5.75 Å². The first kappa shape index (κ1) is 18.0. The Balaban J connectivity index is 2.36. The molecule has 0 heterocycles. The highest BCUT2D eigenvalue weighted by atomic mass is 16.5. The van der Waals surface area contributed by atoms with Gasteiger partial charge in [0, 0.05) is 12.6 Å². The van der Waals surface area contributed by atoms with Gasteiger partial charge < -0.3 is 20.1 Å². The fourth-order valence-electron chi connectivity index (χ4n) is 1.44. The molecule has 9 nitrogen and oxygen atoms in total. The fourth-order valence-corrected chi connectivity index (χ4v) is 1.44. The maximum Gasteiger partial charge on any atom is 0.325 e. The van der Waals surface area contributed by atoms with E-state index in [4.69, 9.17) is 4.74 Å². The van der Waals surface area contributed by atoms with E-state index in [0.29, 0.717) is 11.3 Å². The molecule has 0 atom stereocenters. The summed E-state index contributed by atoms with van der Waals surface area (Å²) in [7, 11) is 2.81. The predicted molar refractivity (Wildman–Crippen MR) is 78.9 cm³/mol. The Labute approximate surface area is 132 Å². The first-order valence-electron chi connectivity index (χ1n) is 6.55. The van der Waals surface area contributed by atoms with E-state index >= 15 is 0 Å². The van der Waals surface area contributed by atoms with Gasteiger partial charge in [0.15, 0.2) is 6.61 Å². The molecule has 1 aromatic carbocycles. The number of benzene rings is 1. The zero-order chi connectivity index (χ0) is 17.2. The lowest BCUT2D eigenvalue weighted by Gasteiger charge is -2.07. The Hall–Kier alpha value is -3.10. The lowest BCUT2D eigenvalue weighted by Crippen LogP contribution is -2.40. The van der Waals surface area contributed by atoms with Gasteiger partial charge >= 0.3 is 12.0 Å². The Bertz CT molecular complexity index is 602. The average Bonchev–Trinajstić information content (AvgIpc) is 2.57. The van der Waals surface area contributed by atoms with Gasteiger partial charge in [0.25, 0.3) is 11.8 Å². The molecule has 1 aromatic rings. The van der Waals surface area contributed by atoms with Crippen LogP contribution in [-0.4, -0.2) is 51.1 Å². The van der Waals surface area contributed by atoms with Gasteiger partial charge in [-0.05, 0) is 18.2 Å². The fraction of sp³-hybridized carbons (Fsp3) is 0.286. The number of esters is 1. The van der Waals surface area contributed by atoms with Crippen LogP contribution in [0.2, 0.25) is 0 Å². The van der Waals surface area contributed by atoms with Crippen LogP contribution in [0.25, 0.3) is 0 Å². The van der Waals surface area contributed by atoms with Crippen LogP contribution in [0.3, 0.4) is 0 Å². The molecule has 0 radical (unpaired) electrons. The number of ether oxygens (including phenoxy) is 2. The summed E-state index contributed by atoms with van der Waals surface area (Å²) < 4.78 is 9.60. The number of amides is 4. The van der Waals surface area contributed by atoms with E-state index in [1.807, 2.05) is 5.32 Å². The predicted octanol–water partition coefficient (Wildman–Crippen LogP) is -0.576. The quantitative estimate of drug-likeness (QED) is 0.602. The minimum atomic E-state index is -0.812. The molecule has 1 rings (SSSR count). The van der Waals surface area contributed by atoms with Gasteiger partial charge in [0.2, 0.25) is 0 Å². The molecule has 0 unspecified atom stereocenters. The van der Waals surface area contributed by atoms with Crippen molar-refractivity contribution in [1.29, 1.82) is 0 Å². The molecule has 0 saturated heterocycles. The maximum absolute atomic E-state index is 11.8. The lowest BCUT2D eigenvalue weighted by atomic mass is 10.2. The van der Waals surface area contributed by atoms with E-state index in [9.17, 15) is 19.2 Å². The number of nitrogens with one attached hydrogen (secondary N) is 3. The van der Waals surface area contributed by atoms with E-state index in [2.05, 4.69) is 15.4 Å².